The first-order valence-electron chi connectivity index (χ1n) is 3.77. The van der Waals surface area contributed by atoms with Crippen molar-refractivity contribution in [3.63, 3.8) is 0 Å². The highest BCUT2D eigenvalue weighted by Gasteiger charge is 2.10. The number of halogens is 1. The van der Waals surface area contributed by atoms with Crippen LogP contribution >= 0.6 is 15.9 Å². The van der Waals surface area contributed by atoms with Crippen molar-refractivity contribution in [1.29, 1.82) is 0 Å². The van der Waals surface area contributed by atoms with E-state index in [0.29, 0.717) is 10.4 Å². The number of hydrogen-bond donors (Lipinski definition) is 1. The molecule has 0 aromatic rings. The first-order valence-corrected chi connectivity index (χ1v) is 4.56. The van der Waals surface area contributed by atoms with Gasteiger partial charge in [0.25, 0.3) is 0 Å². The summed E-state index contributed by atoms with van der Waals surface area (Å²) < 4.78 is 5.76. The first kappa shape index (κ1) is 11.7. The fourth-order valence-corrected chi connectivity index (χ4v) is 1.03. The Balaban J connectivity index is 4.35. The molecule has 0 aromatic carbocycles. The van der Waals surface area contributed by atoms with E-state index in [2.05, 4.69) is 22.5 Å². The second-order valence-corrected chi connectivity index (χ2v) is 3.76. The molecular weight excluding hydrogens is 220 g/mol. The molecule has 70 valence electrons. The number of aliphatic hydroxyl groups is 1. The van der Waals surface area contributed by atoms with Crippen molar-refractivity contribution in [2.45, 2.75) is 20.0 Å². The van der Waals surface area contributed by atoms with E-state index in [4.69, 9.17) is 9.84 Å². The van der Waals surface area contributed by atoms with E-state index in [9.17, 15) is 0 Å². The minimum atomic E-state index is 0.00303. The van der Waals surface area contributed by atoms with Crippen LogP contribution in [0.1, 0.15) is 13.8 Å². The van der Waals surface area contributed by atoms with Gasteiger partial charge in [-0.3, -0.25) is 0 Å². The summed E-state index contributed by atoms with van der Waals surface area (Å²) in [6.07, 6.45) is 1.80. The molecule has 0 radical (unpaired) electrons. The van der Waals surface area contributed by atoms with Crippen molar-refractivity contribution < 1.29 is 9.84 Å². The van der Waals surface area contributed by atoms with E-state index in [0.717, 1.165) is 0 Å². The lowest BCUT2D eigenvalue weighted by Crippen LogP contribution is -2.15. The fourth-order valence-electron chi connectivity index (χ4n) is 0.773. The van der Waals surface area contributed by atoms with Crippen LogP contribution < -0.4 is 0 Å². The molecule has 12 heavy (non-hydrogen) atoms. The molecule has 0 saturated heterocycles. The molecule has 0 saturated carbocycles. The Bertz CT molecular complexity index is 185. The minimum Gasteiger partial charge on any atom is -0.507 e. The molecule has 0 spiro atoms. The van der Waals surface area contributed by atoms with E-state index in [1.807, 2.05) is 13.8 Å². The molecule has 0 aliphatic carbocycles. The molecule has 0 aliphatic heterocycles. The molecule has 0 bridgehead atoms. The third-order valence-electron chi connectivity index (χ3n) is 1.52. The van der Waals surface area contributed by atoms with E-state index < -0.39 is 0 Å². The third-order valence-corrected chi connectivity index (χ3v) is 2.24. The molecule has 0 amide bonds. The van der Waals surface area contributed by atoms with Gasteiger partial charge < -0.3 is 9.84 Å². The quantitative estimate of drug-likeness (QED) is 0.599. The van der Waals surface area contributed by atoms with Gasteiger partial charge in [0.2, 0.25) is 0 Å². The summed E-state index contributed by atoms with van der Waals surface area (Å²) in [4.78, 5) is 0. The fraction of sp³-hybridized carbons (Fsp3) is 0.556. The van der Waals surface area contributed by atoms with Crippen molar-refractivity contribution >= 4 is 15.9 Å². The smallest absolute Gasteiger partial charge is 0.122 e. The number of allylic oxidation sites excluding steroid dienone is 1. The number of rotatable bonds is 4. The van der Waals surface area contributed by atoms with Crippen LogP contribution in [0.25, 0.3) is 0 Å². The average molecular weight is 235 g/mol. The average Bonchev–Trinajstić information content (AvgIpc) is 1.98. The maximum atomic E-state index is 8.98. The Hall–Kier alpha value is -0.280. The van der Waals surface area contributed by atoms with Gasteiger partial charge in [0.1, 0.15) is 5.76 Å². The SMILES string of the molecule is C=C(O)/C(Br)=C\C(OC)C(C)C. The highest BCUT2D eigenvalue weighted by molar-refractivity contribution is 9.11. The standard InChI is InChI=1S/C9H15BrO2/c1-6(2)9(12-4)5-8(10)7(3)11/h5-6,9,11H,3H2,1-2,4H3/b8-5+. The molecule has 0 rings (SSSR count). The van der Waals surface area contributed by atoms with E-state index in [-0.39, 0.29) is 11.9 Å². The topological polar surface area (TPSA) is 29.5 Å². The van der Waals surface area contributed by atoms with Gasteiger partial charge in [-0.25, -0.2) is 0 Å². The van der Waals surface area contributed by atoms with Gasteiger partial charge in [0, 0.05) is 7.11 Å². The highest BCUT2D eigenvalue weighted by atomic mass is 79.9. The molecular formula is C9H15BrO2. The summed E-state index contributed by atoms with van der Waals surface area (Å²) in [7, 11) is 1.64. The lowest BCUT2D eigenvalue weighted by Gasteiger charge is -2.15. The molecule has 0 heterocycles. The largest absolute Gasteiger partial charge is 0.507 e. The van der Waals surface area contributed by atoms with Gasteiger partial charge in [-0.2, -0.15) is 0 Å². The van der Waals surface area contributed by atoms with Gasteiger partial charge in [0.15, 0.2) is 0 Å². The maximum absolute atomic E-state index is 8.98. The Labute approximate surface area is 82.1 Å². The predicted molar refractivity (Wildman–Crippen MR) is 54.4 cm³/mol. The normalized spacial score (nSPS) is 14.9. The van der Waals surface area contributed by atoms with E-state index >= 15 is 0 Å². The number of aliphatic hydroxyl groups excluding tert-OH is 1. The number of methoxy groups -OCH3 is 1. The van der Waals surface area contributed by atoms with Crippen molar-refractivity contribution in [1.82, 2.24) is 0 Å². The van der Waals surface area contributed by atoms with Crippen LogP contribution in [0.5, 0.6) is 0 Å². The summed E-state index contributed by atoms with van der Waals surface area (Å²) in [5.74, 6) is 0.402. The summed E-state index contributed by atoms with van der Waals surface area (Å²) in [6.45, 7) is 7.48. The number of ether oxygens (including phenoxy) is 1. The van der Waals surface area contributed by atoms with Crippen molar-refractivity contribution in [3.05, 3.63) is 22.9 Å². The Kier molecular flexibility index (Phi) is 5.25. The van der Waals surface area contributed by atoms with Crippen molar-refractivity contribution in [2.75, 3.05) is 7.11 Å². The number of hydrogen-bond acceptors (Lipinski definition) is 2. The zero-order valence-electron chi connectivity index (χ0n) is 7.67. The zero-order chi connectivity index (χ0) is 9.72. The summed E-state index contributed by atoms with van der Waals surface area (Å²) in [5.41, 5.74) is 0. The molecule has 0 fully saturated rings. The molecule has 0 aliphatic rings. The maximum Gasteiger partial charge on any atom is 0.122 e. The van der Waals surface area contributed by atoms with Gasteiger partial charge in [-0.05, 0) is 27.9 Å². The van der Waals surface area contributed by atoms with Crippen LogP contribution in [0.2, 0.25) is 0 Å². The minimum absolute atomic E-state index is 0.00303. The highest BCUT2D eigenvalue weighted by Crippen LogP contribution is 2.17. The van der Waals surface area contributed by atoms with Crippen molar-refractivity contribution in [2.24, 2.45) is 5.92 Å². The van der Waals surface area contributed by atoms with E-state index in [1.54, 1.807) is 13.2 Å². The second kappa shape index (κ2) is 5.38. The zero-order valence-corrected chi connectivity index (χ0v) is 9.26. The van der Waals surface area contributed by atoms with Gasteiger partial charge in [0.05, 0.1) is 10.6 Å². The molecule has 3 heteroatoms. The van der Waals surface area contributed by atoms with Crippen LogP contribution in [-0.4, -0.2) is 18.3 Å². The summed E-state index contributed by atoms with van der Waals surface area (Å²) in [5, 5.41) is 8.98. The van der Waals surface area contributed by atoms with Crippen LogP contribution in [0.4, 0.5) is 0 Å². The van der Waals surface area contributed by atoms with Crippen LogP contribution in [-0.2, 0) is 4.74 Å². The predicted octanol–water partition coefficient (Wildman–Crippen LogP) is 3.01. The van der Waals surface area contributed by atoms with Crippen LogP contribution in [0.15, 0.2) is 22.9 Å². The Morgan fingerprint density at radius 2 is 2.08 bits per heavy atom. The molecule has 1 unspecified atom stereocenters. The molecule has 0 aromatic heterocycles. The summed E-state index contributed by atoms with van der Waals surface area (Å²) >= 11 is 3.18. The van der Waals surface area contributed by atoms with Crippen molar-refractivity contribution in [3.8, 4) is 0 Å². The third kappa shape index (κ3) is 3.93. The van der Waals surface area contributed by atoms with E-state index in [1.165, 1.54) is 0 Å². The van der Waals surface area contributed by atoms with Gasteiger partial charge in [-0.1, -0.05) is 20.4 Å². The lowest BCUT2D eigenvalue weighted by atomic mass is 10.1. The summed E-state index contributed by atoms with van der Waals surface area (Å²) in [6, 6.07) is 0. The van der Waals surface area contributed by atoms with Gasteiger partial charge in [-0.15, -0.1) is 0 Å². The second-order valence-electron chi connectivity index (χ2n) is 2.91. The lowest BCUT2D eigenvalue weighted by molar-refractivity contribution is 0.103. The van der Waals surface area contributed by atoms with Crippen LogP contribution in [0, 0.1) is 5.92 Å². The Morgan fingerprint density at radius 3 is 2.33 bits per heavy atom. The monoisotopic (exact) mass is 234 g/mol. The van der Waals surface area contributed by atoms with Crippen LogP contribution in [0.3, 0.4) is 0 Å². The Morgan fingerprint density at radius 1 is 1.58 bits per heavy atom. The molecule has 1 N–H and O–H groups in total. The molecule has 1 atom stereocenters. The van der Waals surface area contributed by atoms with Gasteiger partial charge >= 0.3 is 0 Å². The molecule has 2 nitrogen and oxygen atoms in total. The first-order chi connectivity index (χ1) is 5.49.